The molecule has 13 heavy (non-hydrogen) atoms. The SMILES string of the molecule is CC(CF)c1ccc(F)c(F)c1F. The van der Waals surface area contributed by atoms with Crippen LogP contribution in [0.3, 0.4) is 0 Å². The molecule has 0 spiro atoms. The van der Waals surface area contributed by atoms with Crippen LogP contribution in [0.4, 0.5) is 17.6 Å². The highest BCUT2D eigenvalue weighted by Crippen LogP contribution is 2.22. The zero-order valence-corrected chi connectivity index (χ0v) is 6.95. The van der Waals surface area contributed by atoms with Gasteiger partial charge in [0.15, 0.2) is 17.5 Å². The molecule has 4 heteroatoms. The molecule has 0 aliphatic carbocycles. The van der Waals surface area contributed by atoms with Crippen LogP contribution in [-0.4, -0.2) is 6.67 Å². The highest BCUT2D eigenvalue weighted by Gasteiger charge is 2.17. The minimum atomic E-state index is -1.54. The molecule has 0 nitrogen and oxygen atoms in total. The largest absolute Gasteiger partial charge is 0.250 e. The predicted octanol–water partition coefficient (Wildman–Crippen LogP) is 3.18. The topological polar surface area (TPSA) is 0 Å². The molecule has 1 unspecified atom stereocenters. The third kappa shape index (κ3) is 1.82. The Kier molecular flexibility index (Phi) is 2.90. The molecule has 72 valence electrons. The summed E-state index contributed by atoms with van der Waals surface area (Å²) in [5.74, 6) is -4.86. The molecule has 0 amide bonds. The van der Waals surface area contributed by atoms with Crippen LogP contribution in [0, 0.1) is 17.5 Å². The van der Waals surface area contributed by atoms with Crippen LogP contribution in [0.15, 0.2) is 12.1 Å². The van der Waals surface area contributed by atoms with Crippen LogP contribution in [0.25, 0.3) is 0 Å². The lowest BCUT2D eigenvalue weighted by atomic mass is 10.0. The molecule has 0 N–H and O–H groups in total. The van der Waals surface area contributed by atoms with Crippen LogP contribution >= 0.6 is 0 Å². The average molecular weight is 192 g/mol. The summed E-state index contributed by atoms with van der Waals surface area (Å²) in [5.41, 5.74) is -0.138. The molecule has 0 fully saturated rings. The first-order valence-electron chi connectivity index (χ1n) is 3.77. The highest BCUT2D eigenvalue weighted by atomic mass is 19.2. The van der Waals surface area contributed by atoms with Gasteiger partial charge in [0, 0.05) is 5.92 Å². The molecule has 0 aliphatic heterocycles. The highest BCUT2D eigenvalue weighted by molar-refractivity contribution is 5.23. The van der Waals surface area contributed by atoms with Crippen LogP contribution in [0.2, 0.25) is 0 Å². The van der Waals surface area contributed by atoms with E-state index in [2.05, 4.69) is 0 Å². The maximum Gasteiger partial charge on any atom is 0.194 e. The van der Waals surface area contributed by atoms with Gasteiger partial charge in [-0.15, -0.1) is 0 Å². The van der Waals surface area contributed by atoms with Gasteiger partial charge in [-0.2, -0.15) is 0 Å². The third-order valence-electron chi connectivity index (χ3n) is 1.83. The second kappa shape index (κ2) is 3.77. The Labute approximate surface area is 73.2 Å². The zero-order valence-electron chi connectivity index (χ0n) is 6.95. The van der Waals surface area contributed by atoms with E-state index in [0.29, 0.717) is 0 Å². The summed E-state index contributed by atoms with van der Waals surface area (Å²) < 4.78 is 50.1. The van der Waals surface area contributed by atoms with Crippen molar-refractivity contribution in [1.82, 2.24) is 0 Å². The van der Waals surface area contributed by atoms with Crippen molar-refractivity contribution in [2.24, 2.45) is 0 Å². The molecule has 0 heterocycles. The number of benzene rings is 1. The standard InChI is InChI=1S/C9H8F4/c1-5(4-10)6-2-3-7(11)9(13)8(6)12/h2-3,5H,4H2,1H3. The second-order valence-corrected chi connectivity index (χ2v) is 2.82. The minimum absolute atomic E-state index is 0.138. The van der Waals surface area contributed by atoms with Crippen LogP contribution < -0.4 is 0 Å². The lowest BCUT2D eigenvalue weighted by Crippen LogP contribution is -2.03. The molecule has 0 radical (unpaired) electrons. The molecule has 0 saturated carbocycles. The zero-order chi connectivity index (χ0) is 10.0. The predicted molar refractivity (Wildman–Crippen MR) is 40.7 cm³/mol. The minimum Gasteiger partial charge on any atom is -0.250 e. The molecule has 1 atom stereocenters. The molecule has 0 aromatic heterocycles. The number of hydrogen-bond acceptors (Lipinski definition) is 0. The maximum atomic E-state index is 12.9. The summed E-state index contributed by atoms with van der Waals surface area (Å²) in [6.45, 7) is 0.595. The Balaban J connectivity index is 3.18. The molecular formula is C9H8F4. The van der Waals surface area contributed by atoms with Gasteiger partial charge in [0.05, 0.1) is 6.67 Å². The van der Waals surface area contributed by atoms with Crippen molar-refractivity contribution < 1.29 is 17.6 Å². The van der Waals surface area contributed by atoms with Crippen molar-refractivity contribution in [3.8, 4) is 0 Å². The summed E-state index contributed by atoms with van der Waals surface area (Å²) in [5, 5.41) is 0. The first-order chi connectivity index (χ1) is 6.07. The summed E-state index contributed by atoms with van der Waals surface area (Å²) >= 11 is 0. The molecule has 0 bridgehead atoms. The molecular weight excluding hydrogens is 184 g/mol. The van der Waals surface area contributed by atoms with Gasteiger partial charge in [-0.3, -0.25) is 4.39 Å². The van der Waals surface area contributed by atoms with Crippen molar-refractivity contribution >= 4 is 0 Å². The van der Waals surface area contributed by atoms with E-state index >= 15 is 0 Å². The Morgan fingerprint density at radius 1 is 1.15 bits per heavy atom. The smallest absolute Gasteiger partial charge is 0.194 e. The van der Waals surface area contributed by atoms with Gasteiger partial charge in [-0.1, -0.05) is 13.0 Å². The number of alkyl halides is 1. The van der Waals surface area contributed by atoms with Crippen molar-refractivity contribution in [1.29, 1.82) is 0 Å². The average Bonchev–Trinajstić information content (AvgIpc) is 2.13. The van der Waals surface area contributed by atoms with Crippen LogP contribution in [0.5, 0.6) is 0 Å². The number of halogens is 4. The first kappa shape index (κ1) is 10.0. The van der Waals surface area contributed by atoms with E-state index in [-0.39, 0.29) is 5.56 Å². The van der Waals surface area contributed by atoms with E-state index < -0.39 is 30.0 Å². The van der Waals surface area contributed by atoms with E-state index in [0.717, 1.165) is 12.1 Å². The van der Waals surface area contributed by atoms with Crippen molar-refractivity contribution in [3.05, 3.63) is 35.1 Å². The summed E-state index contributed by atoms with van der Waals surface area (Å²) in [7, 11) is 0. The van der Waals surface area contributed by atoms with E-state index in [9.17, 15) is 17.6 Å². The molecule has 1 aromatic rings. The van der Waals surface area contributed by atoms with E-state index in [1.165, 1.54) is 6.92 Å². The molecule has 1 rings (SSSR count). The molecule has 0 saturated heterocycles. The van der Waals surface area contributed by atoms with E-state index in [1.54, 1.807) is 0 Å². The fourth-order valence-electron chi connectivity index (χ4n) is 1.00. The maximum absolute atomic E-state index is 12.9. The second-order valence-electron chi connectivity index (χ2n) is 2.82. The van der Waals surface area contributed by atoms with Gasteiger partial charge in [0.2, 0.25) is 0 Å². The summed E-state index contributed by atoms with van der Waals surface area (Å²) in [6.07, 6.45) is 0. The van der Waals surface area contributed by atoms with Gasteiger partial charge in [0.25, 0.3) is 0 Å². The van der Waals surface area contributed by atoms with E-state index in [1.807, 2.05) is 0 Å². The van der Waals surface area contributed by atoms with Gasteiger partial charge in [-0.25, -0.2) is 13.2 Å². The Bertz CT molecular complexity index is 309. The third-order valence-corrected chi connectivity index (χ3v) is 1.83. The monoisotopic (exact) mass is 192 g/mol. The van der Waals surface area contributed by atoms with Crippen molar-refractivity contribution in [2.45, 2.75) is 12.8 Å². The normalized spacial score (nSPS) is 13.0. The molecule has 1 aromatic carbocycles. The van der Waals surface area contributed by atoms with Gasteiger partial charge >= 0.3 is 0 Å². The molecule has 0 aliphatic rings. The van der Waals surface area contributed by atoms with Crippen LogP contribution in [-0.2, 0) is 0 Å². The van der Waals surface area contributed by atoms with Crippen molar-refractivity contribution in [2.75, 3.05) is 6.67 Å². The fourth-order valence-corrected chi connectivity index (χ4v) is 1.00. The van der Waals surface area contributed by atoms with Gasteiger partial charge in [-0.05, 0) is 11.6 Å². The number of rotatable bonds is 2. The Morgan fingerprint density at radius 3 is 2.31 bits per heavy atom. The van der Waals surface area contributed by atoms with E-state index in [4.69, 9.17) is 0 Å². The fraction of sp³-hybridized carbons (Fsp3) is 0.333. The van der Waals surface area contributed by atoms with Gasteiger partial charge in [0.1, 0.15) is 0 Å². The van der Waals surface area contributed by atoms with Crippen molar-refractivity contribution in [3.63, 3.8) is 0 Å². The quantitative estimate of drug-likeness (QED) is 0.498. The lowest BCUT2D eigenvalue weighted by Gasteiger charge is -2.08. The van der Waals surface area contributed by atoms with Gasteiger partial charge < -0.3 is 0 Å². The first-order valence-corrected chi connectivity index (χ1v) is 3.77. The summed E-state index contributed by atoms with van der Waals surface area (Å²) in [6, 6.07) is 1.85. The number of hydrogen-bond donors (Lipinski definition) is 0. The summed E-state index contributed by atoms with van der Waals surface area (Å²) in [4.78, 5) is 0. The lowest BCUT2D eigenvalue weighted by molar-refractivity contribution is 0.410. The Hall–Kier alpha value is -1.06. The van der Waals surface area contributed by atoms with Crippen LogP contribution in [0.1, 0.15) is 18.4 Å². The Morgan fingerprint density at radius 2 is 1.77 bits per heavy atom.